The van der Waals surface area contributed by atoms with Crippen LogP contribution in [0.4, 0.5) is 10.8 Å². The summed E-state index contributed by atoms with van der Waals surface area (Å²) < 4.78 is 0. The average molecular weight is 275 g/mol. The molecule has 1 amide bonds. The first kappa shape index (κ1) is 13.5. The van der Waals surface area contributed by atoms with E-state index in [1.54, 1.807) is 6.20 Å². The quantitative estimate of drug-likeness (QED) is 0.901. The van der Waals surface area contributed by atoms with E-state index in [-0.39, 0.29) is 11.9 Å². The van der Waals surface area contributed by atoms with Gasteiger partial charge in [0.2, 0.25) is 5.91 Å². The first-order chi connectivity index (χ1) is 9.06. The number of anilines is 2. The van der Waals surface area contributed by atoms with Gasteiger partial charge in [-0.1, -0.05) is 17.7 Å². The van der Waals surface area contributed by atoms with E-state index in [4.69, 9.17) is 0 Å². The Labute approximate surface area is 116 Å². The van der Waals surface area contributed by atoms with Gasteiger partial charge in [0, 0.05) is 17.3 Å². The van der Waals surface area contributed by atoms with Gasteiger partial charge in [0.25, 0.3) is 0 Å². The number of rotatable bonds is 4. The van der Waals surface area contributed by atoms with Gasteiger partial charge in [-0.2, -0.15) is 0 Å². The molecule has 1 atom stereocenters. The molecule has 100 valence electrons. The Morgan fingerprint density at radius 3 is 2.79 bits per heavy atom. The molecule has 5 heteroatoms. The summed E-state index contributed by atoms with van der Waals surface area (Å²) in [6.45, 7) is 5.92. The number of aromatic nitrogens is 1. The molecule has 1 heterocycles. The van der Waals surface area contributed by atoms with Gasteiger partial charge in [-0.25, -0.2) is 4.98 Å². The summed E-state index contributed by atoms with van der Waals surface area (Å²) in [6, 6.07) is 5.80. The van der Waals surface area contributed by atoms with Crippen LogP contribution >= 0.6 is 11.3 Å². The van der Waals surface area contributed by atoms with Gasteiger partial charge < -0.3 is 10.6 Å². The Morgan fingerprint density at radius 2 is 2.16 bits per heavy atom. The topological polar surface area (TPSA) is 54.0 Å². The molecule has 0 radical (unpaired) electrons. The van der Waals surface area contributed by atoms with Gasteiger partial charge in [-0.15, -0.1) is 11.3 Å². The maximum Gasteiger partial charge on any atom is 0.248 e. The van der Waals surface area contributed by atoms with Crippen LogP contribution in [0.1, 0.15) is 18.1 Å². The summed E-state index contributed by atoms with van der Waals surface area (Å²) in [5.74, 6) is -0.0880. The summed E-state index contributed by atoms with van der Waals surface area (Å²) in [4.78, 5) is 16.0. The monoisotopic (exact) mass is 275 g/mol. The highest BCUT2D eigenvalue weighted by Crippen LogP contribution is 2.17. The molecule has 0 unspecified atom stereocenters. The molecule has 1 aromatic carbocycles. The molecule has 4 nitrogen and oxygen atoms in total. The van der Waals surface area contributed by atoms with Crippen LogP contribution in [0.3, 0.4) is 0 Å². The normalized spacial score (nSPS) is 11.9. The van der Waals surface area contributed by atoms with Crippen LogP contribution in [0.25, 0.3) is 0 Å². The number of carbonyl (C=O) groups excluding carboxylic acids is 1. The zero-order valence-corrected chi connectivity index (χ0v) is 12.0. The average Bonchev–Trinajstić information content (AvgIpc) is 2.85. The van der Waals surface area contributed by atoms with Crippen LogP contribution < -0.4 is 10.6 Å². The summed E-state index contributed by atoms with van der Waals surface area (Å²) in [5, 5.41) is 8.45. The molecule has 0 saturated carbocycles. The first-order valence-corrected chi connectivity index (χ1v) is 6.98. The number of amides is 1. The Hall–Kier alpha value is -1.88. The van der Waals surface area contributed by atoms with E-state index < -0.39 is 0 Å². The van der Waals surface area contributed by atoms with Crippen molar-refractivity contribution in [2.45, 2.75) is 26.8 Å². The van der Waals surface area contributed by atoms with Crippen molar-refractivity contribution in [1.82, 2.24) is 4.98 Å². The van der Waals surface area contributed by atoms with Gasteiger partial charge >= 0.3 is 0 Å². The SMILES string of the molecule is Cc1ccc(N[C@@H](C)C(=O)Nc2nccs2)c(C)c1. The van der Waals surface area contributed by atoms with E-state index in [0.717, 1.165) is 11.3 Å². The summed E-state index contributed by atoms with van der Waals surface area (Å²) >= 11 is 1.41. The standard InChI is InChI=1S/C14H17N3OS/c1-9-4-5-12(10(2)8-9)16-11(3)13(18)17-14-15-6-7-19-14/h4-8,11,16H,1-3H3,(H,15,17,18)/t11-/m0/s1. The van der Waals surface area contributed by atoms with Crippen molar-refractivity contribution >= 4 is 28.1 Å². The lowest BCUT2D eigenvalue weighted by Crippen LogP contribution is -2.32. The first-order valence-electron chi connectivity index (χ1n) is 6.10. The molecule has 0 fully saturated rings. The molecule has 0 aliphatic rings. The molecule has 0 aliphatic carbocycles. The molecule has 0 aliphatic heterocycles. The molecule has 19 heavy (non-hydrogen) atoms. The van der Waals surface area contributed by atoms with Gasteiger partial charge in [0.05, 0.1) is 0 Å². The summed E-state index contributed by atoms with van der Waals surface area (Å²) in [6.07, 6.45) is 1.67. The van der Waals surface area contributed by atoms with Gasteiger partial charge in [-0.05, 0) is 32.4 Å². The summed E-state index contributed by atoms with van der Waals surface area (Å²) in [7, 11) is 0. The molecule has 1 aromatic heterocycles. The molecular formula is C14H17N3OS. The van der Waals surface area contributed by atoms with E-state index in [1.165, 1.54) is 16.9 Å². The minimum Gasteiger partial charge on any atom is -0.374 e. The minimum absolute atomic E-state index is 0.0880. The van der Waals surface area contributed by atoms with Gasteiger partial charge in [0.15, 0.2) is 5.13 Å². The minimum atomic E-state index is -0.315. The van der Waals surface area contributed by atoms with Crippen LogP contribution in [0, 0.1) is 13.8 Å². The van der Waals surface area contributed by atoms with E-state index in [2.05, 4.69) is 28.6 Å². The predicted octanol–water partition coefficient (Wildman–Crippen LogP) is 3.20. The fourth-order valence-electron chi connectivity index (χ4n) is 1.77. The second-order valence-corrected chi connectivity index (χ2v) is 5.41. The lowest BCUT2D eigenvalue weighted by Gasteiger charge is -2.16. The van der Waals surface area contributed by atoms with E-state index >= 15 is 0 Å². The number of benzene rings is 1. The number of carbonyl (C=O) groups is 1. The second-order valence-electron chi connectivity index (χ2n) is 4.51. The Bertz CT molecular complexity index is 566. The molecule has 2 N–H and O–H groups in total. The molecule has 2 aromatic rings. The molecule has 2 rings (SSSR count). The Morgan fingerprint density at radius 1 is 1.37 bits per heavy atom. The third kappa shape index (κ3) is 3.54. The van der Waals surface area contributed by atoms with Crippen molar-refractivity contribution in [2.24, 2.45) is 0 Å². The molecule has 0 saturated heterocycles. The van der Waals surface area contributed by atoms with Crippen LogP contribution in [-0.2, 0) is 4.79 Å². The van der Waals surface area contributed by atoms with Crippen molar-refractivity contribution in [2.75, 3.05) is 10.6 Å². The van der Waals surface area contributed by atoms with Crippen molar-refractivity contribution in [3.8, 4) is 0 Å². The highest BCUT2D eigenvalue weighted by atomic mass is 32.1. The molecular weight excluding hydrogens is 258 g/mol. The number of aryl methyl sites for hydroxylation is 2. The highest BCUT2D eigenvalue weighted by molar-refractivity contribution is 7.13. The largest absolute Gasteiger partial charge is 0.374 e. The third-order valence-electron chi connectivity index (χ3n) is 2.81. The fourth-order valence-corrected chi connectivity index (χ4v) is 2.31. The van der Waals surface area contributed by atoms with Crippen LogP contribution in [0.5, 0.6) is 0 Å². The van der Waals surface area contributed by atoms with Crippen LogP contribution in [0.2, 0.25) is 0 Å². The van der Waals surface area contributed by atoms with Crippen LogP contribution in [0.15, 0.2) is 29.8 Å². The Balaban J connectivity index is 2.00. The maximum atomic E-state index is 12.0. The predicted molar refractivity (Wildman–Crippen MR) is 79.7 cm³/mol. The fraction of sp³-hybridized carbons (Fsp3) is 0.286. The summed E-state index contributed by atoms with van der Waals surface area (Å²) in [5.41, 5.74) is 3.32. The lowest BCUT2D eigenvalue weighted by molar-refractivity contribution is -0.116. The highest BCUT2D eigenvalue weighted by Gasteiger charge is 2.14. The number of thiazole rings is 1. The van der Waals surface area contributed by atoms with Crippen molar-refractivity contribution in [3.05, 3.63) is 40.9 Å². The Kier molecular flexibility index (Phi) is 4.16. The zero-order valence-electron chi connectivity index (χ0n) is 11.2. The van der Waals surface area contributed by atoms with Gasteiger partial charge in [-0.3, -0.25) is 4.79 Å². The van der Waals surface area contributed by atoms with E-state index in [9.17, 15) is 4.79 Å². The second kappa shape index (κ2) is 5.84. The maximum absolute atomic E-state index is 12.0. The number of nitrogens with one attached hydrogen (secondary N) is 2. The molecule has 0 bridgehead atoms. The smallest absolute Gasteiger partial charge is 0.248 e. The number of hydrogen-bond donors (Lipinski definition) is 2. The van der Waals surface area contributed by atoms with Crippen molar-refractivity contribution in [3.63, 3.8) is 0 Å². The van der Waals surface area contributed by atoms with Crippen molar-refractivity contribution in [1.29, 1.82) is 0 Å². The van der Waals surface area contributed by atoms with E-state index in [1.807, 2.05) is 31.4 Å². The van der Waals surface area contributed by atoms with Crippen LogP contribution in [-0.4, -0.2) is 16.9 Å². The van der Waals surface area contributed by atoms with Crippen molar-refractivity contribution < 1.29 is 4.79 Å². The number of hydrogen-bond acceptors (Lipinski definition) is 4. The van der Waals surface area contributed by atoms with E-state index in [0.29, 0.717) is 5.13 Å². The van der Waals surface area contributed by atoms with Gasteiger partial charge in [0.1, 0.15) is 6.04 Å². The number of nitrogens with zero attached hydrogens (tertiary/aromatic N) is 1. The molecule has 0 spiro atoms. The lowest BCUT2D eigenvalue weighted by atomic mass is 10.1. The third-order valence-corrected chi connectivity index (χ3v) is 3.50. The zero-order chi connectivity index (χ0) is 13.8.